The minimum absolute atomic E-state index is 0.160. The van der Waals surface area contributed by atoms with E-state index in [0.717, 1.165) is 22.8 Å². The molecule has 4 rings (SSSR count). The number of nitrogens with zero attached hydrogens (tertiary/aromatic N) is 1. The van der Waals surface area contributed by atoms with Gasteiger partial charge < -0.3 is 10.6 Å². The second kappa shape index (κ2) is 8.43. The third kappa shape index (κ3) is 4.51. The molecule has 142 valence electrons. The lowest BCUT2D eigenvalue weighted by atomic mass is 10.1. The van der Waals surface area contributed by atoms with Gasteiger partial charge in [0.2, 0.25) is 0 Å². The molecule has 0 spiro atoms. The van der Waals surface area contributed by atoms with Crippen LogP contribution in [0.4, 0.5) is 11.5 Å². The van der Waals surface area contributed by atoms with Crippen molar-refractivity contribution in [1.29, 1.82) is 0 Å². The molecule has 1 amide bonds. The number of carbonyl (C=O) groups excluding carboxylic acids is 1. The molecule has 0 saturated heterocycles. The van der Waals surface area contributed by atoms with Gasteiger partial charge in [0.05, 0.1) is 21.5 Å². The summed E-state index contributed by atoms with van der Waals surface area (Å²) in [5, 5.41) is 6.09. The van der Waals surface area contributed by atoms with Crippen molar-refractivity contribution in [3.8, 4) is 0 Å². The van der Waals surface area contributed by atoms with Crippen LogP contribution in [0, 0.1) is 0 Å². The molecule has 3 N–H and O–H groups in total. The maximum Gasteiger partial charge on any atom is 0.261 e. The fourth-order valence-electron chi connectivity index (χ4n) is 2.68. The standard InChI is InChI=1S/C20H17ClN4O2S/c21-18-9-8-17(28-18)20(26)23-12-15-11-16(25-27-15)13-4-6-14(7-5-13)24-19-3-1-2-10-22-19/h1-11,15,25H,12H2,(H,22,24)(H,23,26). The number of benzene rings is 1. The Morgan fingerprint density at radius 2 is 2.04 bits per heavy atom. The van der Waals surface area contributed by atoms with Crippen LogP contribution in [0.1, 0.15) is 15.2 Å². The van der Waals surface area contributed by atoms with Crippen molar-refractivity contribution in [3.63, 3.8) is 0 Å². The molecule has 6 nitrogen and oxygen atoms in total. The summed E-state index contributed by atoms with van der Waals surface area (Å²) >= 11 is 7.11. The average molecular weight is 413 g/mol. The molecule has 0 bridgehead atoms. The van der Waals surface area contributed by atoms with E-state index in [1.54, 1.807) is 18.3 Å². The molecule has 28 heavy (non-hydrogen) atoms. The van der Waals surface area contributed by atoms with Crippen LogP contribution in [0.2, 0.25) is 4.34 Å². The lowest BCUT2D eigenvalue weighted by Crippen LogP contribution is -2.31. The van der Waals surface area contributed by atoms with Gasteiger partial charge in [0, 0.05) is 11.9 Å². The summed E-state index contributed by atoms with van der Waals surface area (Å²) in [6, 6.07) is 17.1. The fraction of sp³-hybridized carbons (Fsp3) is 0.100. The summed E-state index contributed by atoms with van der Waals surface area (Å²) < 4.78 is 0.590. The van der Waals surface area contributed by atoms with Gasteiger partial charge in [-0.05, 0) is 48.0 Å². The Kier molecular flexibility index (Phi) is 5.57. The summed E-state index contributed by atoms with van der Waals surface area (Å²) in [5.74, 6) is 0.631. The minimum Gasteiger partial charge on any atom is -0.348 e. The van der Waals surface area contributed by atoms with Gasteiger partial charge in [-0.25, -0.2) is 4.98 Å². The smallest absolute Gasteiger partial charge is 0.261 e. The van der Waals surface area contributed by atoms with Crippen molar-refractivity contribution in [2.24, 2.45) is 0 Å². The quantitative estimate of drug-likeness (QED) is 0.565. The van der Waals surface area contributed by atoms with Crippen molar-refractivity contribution in [1.82, 2.24) is 15.8 Å². The van der Waals surface area contributed by atoms with E-state index in [-0.39, 0.29) is 12.0 Å². The molecule has 1 aliphatic rings. The van der Waals surface area contributed by atoms with Crippen LogP contribution in [0.3, 0.4) is 0 Å². The summed E-state index contributed by atoms with van der Waals surface area (Å²) in [4.78, 5) is 22.4. The monoisotopic (exact) mass is 412 g/mol. The molecule has 1 atom stereocenters. The van der Waals surface area contributed by atoms with E-state index >= 15 is 0 Å². The first-order chi connectivity index (χ1) is 13.7. The van der Waals surface area contributed by atoms with Gasteiger partial charge in [-0.1, -0.05) is 29.8 Å². The van der Waals surface area contributed by atoms with Gasteiger partial charge >= 0.3 is 0 Å². The van der Waals surface area contributed by atoms with Gasteiger partial charge in [0.25, 0.3) is 5.91 Å². The summed E-state index contributed by atoms with van der Waals surface area (Å²) in [5.41, 5.74) is 5.72. The summed E-state index contributed by atoms with van der Waals surface area (Å²) in [7, 11) is 0. The number of rotatable bonds is 6. The molecule has 3 heterocycles. The zero-order valence-corrected chi connectivity index (χ0v) is 16.3. The maximum absolute atomic E-state index is 12.1. The van der Waals surface area contributed by atoms with Gasteiger partial charge in [-0.15, -0.1) is 11.3 Å². The zero-order valence-electron chi connectivity index (χ0n) is 14.7. The lowest BCUT2D eigenvalue weighted by molar-refractivity contribution is 0.0499. The number of pyridine rings is 1. The van der Waals surface area contributed by atoms with Crippen LogP contribution in [0.25, 0.3) is 5.70 Å². The predicted octanol–water partition coefficient (Wildman–Crippen LogP) is 4.21. The van der Waals surface area contributed by atoms with Crippen molar-refractivity contribution in [2.45, 2.75) is 6.10 Å². The molecule has 8 heteroatoms. The molecule has 2 aromatic heterocycles. The molecule has 1 unspecified atom stereocenters. The molecule has 0 fully saturated rings. The SMILES string of the molecule is O=C(NCC1C=C(c2ccc(Nc3ccccn3)cc2)NO1)c1ccc(Cl)s1. The Bertz CT molecular complexity index is 989. The first-order valence-electron chi connectivity index (χ1n) is 8.63. The van der Waals surface area contributed by atoms with Crippen LogP contribution in [0.15, 0.2) is 66.9 Å². The molecule has 0 aliphatic carbocycles. The molecular formula is C20H17ClN4O2S. The van der Waals surface area contributed by atoms with Gasteiger partial charge in [-0.2, -0.15) is 0 Å². The Morgan fingerprint density at radius 3 is 2.75 bits per heavy atom. The lowest BCUT2D eigenvalue weighted by Gasteiger charge is -2.08. The first kappa shape index (κ1) is 18.5. The van der Waals surface area contributed by atoms with Crippen molar-refractivity contribution < 1.29 is 9.63 Å². The fourth-order valence-corrected chi connectivity index (χ4v) is 3.64. The highest BCUT2D eigenvalue weighted by atomic mass is 35.5. The first-order valence-corrected chi connectivity index (χ1v) is 9.82. The number of aromatic nitrogens is 1. The summed E-state index contributed by atoms with van der Waals surface area (Å²) in [6.07, 6.45) is 3.44. The van der Waals surface area contributed by atoms with Crippen LogP contribution < -0.4 is 16.1 Å². The van der Waals surface area contributed by atoms with E-state index in [4.69, 9.17) is 16.4 Å². The van der Waals surface area contributed by atoms with E-state index in [1.807, 2.05) is 48.5 Å². The van der Waals surface area contributed by atoms with E-state index < -0.39 is 0 Å². The summed E-state index contributed by atoms with van der Waals surface area (Å²) in [6.45, 7) is 0.365. The highest BCUT2D eigenvalue weighted by Crippen LogP contribution is 2.23. The number of hydrogen-bond donors (Lipinski definition) is 3. The second-order valence-electron chi connectivity index (χ2n) is 6.07. The van der Waals surface area contributed by atoms with Crippen LogP contribution >= 0.6 is 22.9 Å². The Labute approximate surface area is 171 Å². The molecule has 0 radical (unpaired) electrons. The molecule has 0 saturated carbocycles. The van der Waals surface area contributed by atoms with Crippen LogP contribution in [0.5, 0.6) is 0 Å². The normalized spacial score (nSPS) is 15.6. The third-order valence-electron chi connectivity index (χ3n) is 4.07. The van der Waals surface area contributed by atoms with Crippen molar-refractivity contribution in [3.05, 3.63) is 81.6 Å². The number of halogens is 1. The average Bonchev–Trinajstić information content (AvgIpc) is 3.37. The molecule has 3 aromatic rings. The molecular weight excluding hydrogens is 396 g/mol. The largest absolute Gasteiger partial charge is 0.348 e. The molecule has 1 aromatic carbocycles. The topological polar surface area (TPSA) is 75.3 Å². The Hall–Kier alpha value is -2.87. The Morgan fingerprint density at radius 1 is 1.18 bits per heavy atom. The third-order valence-corrected chi connectivity index (χ3v) is 5.30. The second-order valence-corrected chi connectivity index (χ2v) is 7.78. The number of amides is 1. The highest BCUT2D eigenvalue weighted by Gasteiger charge is 2.19. The number of hydroxylamine groups is 1. The highest BCUT2D eigenvalue weighted by molar-refractivity contribution is 7.17. The predicted molar refractivity (Wildman–Crippen MR) is 112 cm³/mol. The number of thiophene rings is 1. The van der Waals surface area contributed by atoms with Crippen LogP contribution in [-0.4, -0.2) is 23.5 Å². The van der Waals surface area contributed by atoms with E-state index in [0.29, 0.717) is 15.8 Å². The number of hydrogen-bond acceptors (Lipinski definition) is 6. The van der Waals surface area contributed by atoms with Crippen molar-refractivity contribution >= 4 is 46.0 Å². The van der Waals surface area contributed by atoms with Crippen LogP contribution in [-0.2, 0) is 4.84 Å². The van der Waals surface area contributed by atoms with E-state index in [2.05, 4.69) is 21.1 Å². The van der Waals surface area contributed by atoms with Gasteiger partial charge in [-0.3, -0.25) is 15.1 Å². The molecule has 1 aliphatic heterocycles. The number of carbonyl (C=O) groups is 1. The maximum atomic E-state index is 12.1. The number of anilines is 2. The zero-order chi connectivity index (χ0) is 19.3. The number of nitrogens with one attached hydrogen (secondary N) is 3. The van der Waals surface area contributed by atoms with Crippen molar-refractivity contribution in [2.75, 3.05) is 11.9 Å². The minimum atomic E-state index is -0.249. The van der Waals surface area contributed by atoms with E-state index in [9.17, 15) is 4.79 Å². The van der Waals surface area contributed by atoms with Gasteiger partial charge in [0.1, 0.15) is 11.9 Å². The van der Waals surface area contributed by atoms with E-state index in [1.165, 1.54) is 11.3 Å². The Balaban J connectivity index is 1.34. The van der Waals surface area contributed by atoms with Gasteiger partial charge in [0.15, 0.2) is 0 Å².